The van der Waals surface area contributed by atoms with Crippen LogP contribution >= 0.6 is 27.5 Å². The summed E-state index contributed by atoms with van der Waals surface area (Å²) in [4.78, 5) is 0. The molecule has 0 atom stereocenters. The molecule has 78 valence electrons. The van der Waals surface area contributed by atoms with E-state index in [2.05, 4.69) is 15.9 Å². The van der Waals surface area contributed by atoms with Gasteiger partial charge in [0.25, 0.3) is 0 Å². The SMILES string of the molecule is FCOc1cccc(Br)c1CCCCl. The van der Waals surface area contributed by atoms with Crippen LogP contribution in [-0.2, 0) is 6.42 Å². The van der Waals surface area contributed by atoms with E-state index in [0.29, 0.717) is 11.6 Å². The molecule has 0 aromatic heterocycles. The number of hydrogen-bond acceptors (Lipinski definition) is 1. The van der Waals surface area contributed by atoms with Crippen LogP contribution in [0.3, 0.4) is 0 Å². The highest BCUT2D eigenvalue weighted by molar-refractivity contribution is 9.10. The first-order chi connectivity index (χ1) is 6.79. The fourth-order valence-electron chi connectivity index (χ4n) is 1.22. The van der Waals surface area contributed by atoms with E-state index in [1.165, 1.54) is 0 Å². The molecule has 0 unspecified atom stereocenters. The van der Waals surface area contributed by atoms with Crippen LogP contribution in [0.1, 0.15) is 12.0 Å². The molecule has 0 bridgehead atoms. The molecule has 0 aliphatic carbocycles. The summed E-state index contributed by atoms with van der Waals surface area (Å²) < 4.78 is 17.9. The molecule has 4 heteroatoms. The Labute approximate surface area is 96.3 Å². The molecule has 0 radical (unpaired) electrons. The summed E-state index contributed by atoms with van der Waals surface area (Å²) in [6.07, 6.45) is 1.65. The summed E-state index contributed by atoms with van der Waals surface area (Å²) in [5.41, 5.74) is 0.978. The predicted molar refractivity (Wildman–Crippen MR) is 59.8 cm³/mol. The summed E-state index contributed by atoms with van der Waals surface area (Å²) in [6, 6.07) is 5.49. The van der Waals surface area contributed by atoms with Gasteiger partial charge in [-0.3, -0.25) is 0 Å². The van der Waals surface area contributed by atoms with E-state index < -0.39 is 6.86 Å². The normalized spacial score (nSPS) is 10.2. The minimum atomic E-state index is -0.801. The molecule has 0 saturated heterocycles. The van der Waals surface area contributed by atoms with Crippen LogP contribution in [0.25, 0.3) is 0 Å². The number of halogens is 3. The third kappa shape index (κ3) is 3.14. The highest BCUT2D eigenvalue weighted by Crippen LogP contribution is 2.28. The fraction of sp³-hybridized carbons (Fsp3) is 0.400. The van der Waals surface area contributed by atoms with Crippen LogP contribution in [0.4, 0.5) is 4.39 Å². The van der Waals surface area contributed by atoms with Crippen molar-refractivity contribution in [3.05, 3.63) is 28.2 Å². The zero-order chi connectivity index (χ0) is 10.4. The number of rotatable bonds is 5. The molecule has 0 heterocycles. The Morgan fingerprint density at radius 3 is 2.86 bits per heavy atom. The number of benzene rings is 1. The van der Waals surface area contributed by atoms with Gasteiger partial charge in [0.15, 0.2) is 0 Å². The van der Waals surface area contributed by atoms with Crippen molar-refractivity contribution in [3.63, 3.8) is 0 Å². The first-order valence-corrected chi connectivity index (χ1v) is 5.64. The maximum atomic E-state index is 12.0. The lowest BCUT2D eigenvalue weighted by atomic mass is 10.1. The van der Waals surface area contributed by atoms with E-state index >= 15 is 0 Å². The van der Waals surface area contributed by atoms with Crippen LogP contribution in [0.2, 0.25) is 0 Å². The van der Waals surface area contributed by atoms with Crippen LogP contribution < -0.4 is 4.74 Å². The molecule has 0 N–H and O–H groups in total. The quantitative estimate of drug-likeness (QED) is 0.743. The van der Waals surface area contributed by atoms with Crippen molar-refractivity contribution >= 4 is 27.5 Å². The molecule has 0 aliphatic rings. The minimum absolute atomic E-state index is 0.590. The Bertz CT molecular complexity index is 293. The van der Waals surface area contributed by atoms with Gasteiger partial charge in [0.1, 0.15) is 5.75 Å². The van der Waals surface area contributed by atoms with Gasteiger partial charge in [-0.2, -0.15) is 0 Å². The average Bonchev–Trinajstić information content (AvgIpc) is 2.18. The summed E-state index contributed by atoms with van der Waals surface area (Å²) in [5.74, 6) is 1.18. The second-order valence-electron chi connectivity index (χ2n) is 2.76. The van der Waals surface area contributed by atoms with Gasteiger partial charge in [-0.05, 0) is 25.0 Å². The molecule has 1 aromatic rings. The Morgan fingerprint density at radius 2 is 2.21 bits per heavy atom. The topological polar surface area (TPSA) is 9.23 Å². The average molecular weight is 282 g/mol. The van der Waals surface area contributed by atoms with Crippen molar-refractivity contribution < 1.29 is 9.13 Å². The maximum absolute atomic E-state index is 12.0. The number of ether oxygens (including phenoxy) is 1. The van der Waals surface area contributed by atoms with Gasteiger partial charge in [0, 0.05) is 15.9 Å². The lowest BCUT2D eigenvalue weighted by molar-refractivity contribution is 0.190. The Hall–Kier alpha value is -0.280. The van der Waals surface area contributed by atoms with E-state index in [-0.39, 0.29) is 0 Å². The van der Waals surface area contributed by atoms with Gasteiger partial charge in [-0.25, -0.2) is 4.39 Å². The largest absolute Gasteiger partial charge is 0.463 e. The van der Waals surface area contributed by atoms with Gasteiger partial charge in [-0.15, -0.1) is 11.6 Å². The van der Waals surface area contributed by atoms with Crippen molar-refractivity contribution in [1.29, 1.82) is 0 Å². The molecule has 0 saturated carbocycles. The first-order valence-electron chi connectivity index (χ1n) is 4.31. The van der Waals surface area contributed by atoms with Gasteiger partial charge in [0.2, 0.25) is 6.86 Å². The van der Waals surface area contributed by atoms with E-state index in [0.717, 1.165) is 22.9 Å². The van der Waals surface area contributed by atoms with Crippen LogP contribution in [-0.4, -0.2) is 12.7 Å². The van der Waals surface area contributed by atoms with E-state index in [4.69, 9.17) is 16.3 Å². The number of hydrogen-bond donors (Lipinski definition) is 0. The maximum Gasteiger partial charge on any atom is 0.228 e. The van der Waals surface area contributed by atoms with Gasteiger partial charge in [0.05, 0.1) is 0 Å². The second-order valence-corrected chi connectivity index (χ2v) is 3.99. The molecule has 0 aliphatic heterocycles. The van der Waals surface area contributed by atoms with Crippen LogP contribution in [0.15, 0.2) is 22.7 Å². The Morgan fingerprint density at radius 1 is 1.43 bits per heavy atom. The smallest absolute Gasteiger partial charge is 0.228 e. The molecule has 1 aromatic carbocycles. The number of alkyl halides is 2. The second kappa shape index (κ2) is 6.25. The molecular weight excluding hydrogens is 270 g/mol. The molecule has 1 rings (SSSR count). The zero-order valence-electron chi connectivity index (χ0n) is 7.60. The fourth-order valence-corrected chi connectivity index (χ4v) is 1.90. The monoisotopic (exact) mass is 280 g/mol. The third-order valence-electron chi connectivity index (χ3n) is 1.85. The summed E-state index contributed by atoms with van der Waals surface area (Å²) in [7, 11) is 0. The van der Waals surface area contributed by atoms with Gasteiger partial charge in [-0.1, -0.05) is 22.0 Å². The van der Waals surface area contributed by atoms with Crippen molar-refractivity contribution in [2.24, 2.45) is 0 Å². The highest BCUT2D eigenvalue weighted by Gasteiger charge is 2.07. The summed E-state index contributed by atoms with van der Waals surface area (Å²) in [6.45, 7) is -0.801. The van der Waals surface area contributed by atoms with Gasteiger partial charge < -0.3 is 4.74 Å². The molecule has 0 spiro atoms. The molecule has 14 heavy (non-hydrogen) atoms. The third-order valence-corrected chi connectivity index (χ3v) is 2.86. The molecule has 1 nitrogen and oxygen atoms in total. The molecular formula is C10H11BrClFO. The van der Waals surface area contributed by atoms with Gasteiger partial charge >= 0.3 is 0 Å². The van der Waals surface area contributed by atoms with Crippen molar-refractivity contribution in [2.45, 2.75) is 12.8 Å². The predicted octanol–water partition coefficient (Wildman–Crippen LogP) is 3.93. The summed E-state index contributed by atoms with van der Waals surface area (Å²) >= 11 is 9.00. The minimum Gasteiger partial charge on any atom is -0.463 e. The standard InChI is InChI=1S/C10H11BrClFO/c11-9-4-1-5-10(14-7-13)8(9)3-2-6-12/h1,4-5H,2-3,6-7H2. The zero-order valence-corrected chi connectivity index (χ0v) is 9.94. The van der Waals surface area contributed by atoms with E-state index in [1.54, 1.807) is 6.07 Å². The van der Waals surface area contributed by atoms with Crippen LogP contribution in [0.5, 0.6) is 5.75 Å². The van der Waals surface area contributed by atoms with Crippen molar-refractivity contribution in [1.82, 2.24) is 0 Å². The molecule has 0 fully saturated rings. The lowest BCUT2D eigenvalue weighted by Crippen LogP contribution is -1.97. The van der Waals surface area contributed by atoms with Crippen molar-refractivity contribution in [2.75, 3.05) is 12.7 Å². The summed E-state index contributed by atoms with van der Waals surface area (Å²) in [5, 5.41) is 0. The Kier molecular flexibility index (Phi) is 5.26. The van der Waals surface area contributed by atoms with Crippen LogP contribution in [0, 0.1) is 0 Å². The van der Waals surface area contributed by atoms with Crippen molar-refractivity contribution in [3.8, 4) is 5.75 Å². The highest BCUT2D eigenvalue weighted by atomic mass is 79.9. The van der Waals surface area contributed by atoms with E-state index in [1.807, 2.05) is 12.1 Å². The first kappa shape index (κ1) is 11.8. The molecule has 0 amide bonds. The lowest BCUT2D eigenvalue weighted by Gasteiger charge is -2.10. The van der Waals surface area contributed by atoms with E-state index in [9.17, 15) is 4.39 Å². The Balaban J connectivity index is 2.84.